The molecule has 1 aliphatic carbocycles. The number of halogens is 1. The quantitative estimate of drug-likeness (QED) is 0.837. The van der Waals surface area contributed by atoms with Gasteiger partial charge in [0.1, 0.15) is 5.15 Å². The lowest BCUT2D eigenvalue weighted by molar-refractivity contribution is 0.0909. The average Bonchev–Trinajstić information content (AvgIpc) is 2.25. The van der Waals surface area contributed by atoms with E-state index in [1.165, 1.54) is 19.3 Å². The van der Waals surface area contributed by atoms with Crippen molar-refractivity contribution in [1.29, 1.82) is 0 Å². The first-order valence-electron chi connectivity index (χ1n) is 7.07. The summed E-state index contributed by atoms with van der Waals surface area (Å²) in [4.78, 5) is 16.4. The van der Waals surface area contributed by atoms with Crippen molar-refractivity contribution in [2.24, 2.45) is 5.92 Å². The van der Waals surface area contributed by atoms with Gasteiger partial charge in [0.05, 0.1) is 0 Å². The third kappa shape index (κ3) is 3.69. The van der Waals surface area contributed by atoms with Crippen LogP contribution < -0.4 is 5.32 Å². The number of amides is 1. The number of hydrogen-bond donors (Lipinski definition) is 1. The summed E-state index contributed by atoms with van der Waals surface area (Å²) in [5.74, 6) is 0.595. The van der Waals surface area contributed by atoms with Crippen LogP contribution in [0.25, 0.3) is 0 Å². The zero-order chi connectivity index (χ0) is 13.8. The Labute approximate surface area is 119 Å². The molecule has 4 heteroatoms. The maximum absolute atomic E-state index is 12.2. The Kier molecular flexibility index (Phi) is 4.81. The number of rotatable bonds is 5. The molecule has 0 bridgehead atoms. The van der Waals surface area contributed by atoms with Crippen LogP contribution in [-0.2, 0) is 6.42 Å². The molecular formula is C15H21ClN2O. The molecule has 0 radical (unpaired) electrons. The summed E-state index contributed by atoms with van der Waals surface area (Å²) in [6.45, 7) is 4.17. The predicted molar refractivity (Wildman–Crippen MR) is 77.5 cm³/mol. The van der Waals surface area contributed by atoms with Gasteiger partial charge in [0.2, 0.25) is 0 Å². The van der Waals surface area contributed by atoms with Gasteiger partial charge < -0.3 is 5.32 Å². The highest BCUT2D eigenvalue weighted by atomic mass is 35.5. The van der Waals surface area contributed by atoms with Gasteiger partial charge in [-0.05, 0) is 44.2 Å². The number of aryl methyl sites for hydroxylation is 1. The van der Waals surface area contributed by atoms with Crippen LogP contribution in [0.2, 0.25) is 5.15 Å². The van der Waals surface area contributed by atoms with Crippen molar-refractivity contribution in [3.8, 4) is 0 Å². The van der Waals surface area contributed by atoms with Crippen molar-refractivity contribution in [2.75, 3.05) is 0 Å². The van der Waals surface area contributed by atoms with E-state index in [4.69, 9.17) is 11.6 Å². The Morgan fingerprint density at radius 1 is 1.53 bits per heavy atom. The smallest absolute Gasteiger partial charge is 0.251 e. The number of carbonyl (C=O) groups is 1. The number of aromatic nitrogens is 1. The number of pyridine rings is 1. The molecule has 2 rings (SSSR count). The molecule has 0 saturated heterocycles. The zero-order valence-electron chi connectivity index (χ0n) is 11.6. The maximum atomic E-state index is 12.2. The van der Waals surface area contributed by atoms with Crippen molar-refractivity contribution in [1.82, 2.24) is 10.3 Å². The second-order valence-electron chi connectivity index (χ2n) is 5.37. The fourth-order valence-corrected chi connectivity index (χ4v) is 2.64. The summed E-state index contributed by atoms with van der Waals surface area (Å²) in [7, 11) is 0. The Balaban J connectivity index is 2.04. The fourth-order valence-electron chi connectivity index (χ4n) is 2.41. The molecule has 1 aliphatic rings. The molecule has 1 aromatic rings. The highest BCUT2D eigenvalue weighted by Gasteiger charge is 2.25. The molecule has 1 amide bonds. The van der Waals surface area contributed by atoms with Gasteiger partial charge in [-0.3, -0.25) is 4.79 Å². The summed E-state index contributed by atoms with van der Waals surface area (Å²) < 4.78 is 0. The van der Waals surface area contributed by atoms with E-state index < -0.39 is 0 Å². The molecule has 1 N–H and O–H groups in total. The zero-order valence-corrected chi connectivity index (χ0v) is 12.3. The van der Waals surface area contributed by atoms with E-state index in [0.717, 1.165) is 18.5 Å². The molecule has 3 nitrogen and oxygen atoms in total. The first-order chi connectivity index (χ1) is 9.10. The molecule has 0 aromatic carbocycles. The Bertz CT molecular complexity index is 457. The number of hydrogen-bond acceptors (Lipinski definition) is 2. The van der Waals surface area contributed by atoms with Crippen LogP contribution in [-0.4, -0.2) is 16.9 Å². The number of carbonyl (C=O) groups excluding carboxylic acids is 1. The molecule has 1 fully saturated rings. The van der Waals surface area contributed by atoms with Gasteiger partial charge in [0, 0.05) is 17.3 Å². The van der Waals surface area contributed by atoms with E-state index in [1.807, 2.05) is 6.07 Å². The van der Waals surface area contributed by atoms with Crippen LogP contribution in [0, 0.1) is 5.92 Å². The second kappa shape index (κ2) is 6.38. The minimum atomic E-state index is -0.0407. The molecule has 1 heterocycles. The van der Waals surface area contributed by atoms with Crippen LogP contribution in [0.5, 0.6) is 0 Å². The van der Waals surface area contributed by atoms with Crippen molar-refractivity contribution >= 4 is 17.5 Å². The van der Waals surface area contributed by atoms with E-state index in [2.05, 4.69) is 24.1 Å². The van der Waals surface area contributed by atoms with E-state index in [1.54, 1.807) is 6.07 Å². The minimum absolute atomic E-state index is 0.0407. The molecule has 19 heavy (non-hydrogen) atoms. The first kappa shape index (κ1) is 14.3. The van der Waals surface area contributed by atoms with Gasteiger partial charge in [0.25, 0.3) is 5.91 Å². The highest BCUT2D eigenvalue weighted by Crippen LogP contribution is 2.29. The maximum Gasteiger partial charge on any atom is 0.251 e. The van der Waals surface area contributed by atoms with Crippen molar-refractivity contribution in [3.05, 3.63) is 28.5 Å². The molecule has 104 valence electrons. The van der Waals surface area contributed by atoms with Gasteiger partial charge in [-0.15, -0.1) is 0 Å². The monoisotopic (exact) mass is 280 g/mol. The van der Waals surface area contributed by atoms with E-state index in [9.17, 15) is 4.79 Å². The van der Waals surface area contributed by atoms with Crippen LogP contribution in [0.15, 0.2) is 12.1 Å². The summed E-state index contributed by atoms with van der Waals surface area (Å²) in [5, 5.41) is 3.47. The lowest BCUT2D eigenvalue weighted by Gasteiger charge is -2.31. The topological polar surface area (TPSA) is 42.0 Å². The van der Waals surface area contributed by atoms with Gasteiger partial charge in [-0.1, -0.05) is 31.4 Å². The average molecular weight is 281 g/mol. The fraction of sp³-hybridized carbons (Fsp3) is 0.600. The summed E-state index contributed by atoms with van der Waals surface area (Å²) in [6.07, 6.45) is 5.57. The second-order valence-corrected chi connectivity index (χ2v) is 5.76. The molecule has 1 unspecified atom stereocenters. The molecule has 1 aromatic heterocycles. The standard InChI is InChI=1S/C15H21ClN2O/c1-3-5-13-8-12(9-14(16)18-13)15(19)17-10(2)11-6-4-7-11/h8-11H,3-7H2,1-2H3,(H,17,19). The first-order valence-corrected chi connectivity index (χ1v) is 7.45. The van der Waals surface area contributed by atoms with Gasteiger partial charge >= 0.3 is 0 Å². The number of nitrogens with zero attached hydrogens (tertiary/aromatic N) is 1. The Hall–Kier alpha value is -1.09. The molecule has 0 aliphatic heterocycles. The van der Waals surface area contributed by atoms with Crippen molar-refractivity contribution in [2.45, 2.75) is 52.0 Å². The molecule has 0 spiro atoms. The lowest BCUT2D eigenvalue weighted by Crippen LogP contribution is -2.40. The lowest BCUT2D eigenvalue weighted by atomic mass is 9.80. The molecule has 1 atom stereocenters. The van der Waals surface area contributed by atoms with Crippen molar-refractivity contribution < 1.29 is 4.79 Å². The predicted octanol–water partition coefficient (Wildman–Crippen LogP) is 3.61. The van der Waals surface area contributed by atoms with Crippen molar-refractivity contribution in [3.63, 3.8) is 0 Å². The molecule has 1 saturated carbocycles. The van der Waals surface area contributed by atoms with E-state index in [0.29, 0.717) is 16.6 Å². The summed E-state index contributed by atoms with van der Waals surface area (Å²) in [6, 6.07) is 3.73. The van der Waals surface area contributed by atoms with Gasteiger partial charge in [0.15, 0.2) is 0 Å². The SMILES string of the molecule is CCCc1cc(C(=O)NC(C)C2CCC2)cc(Cl)n1. The third-order valence-corrected chi connectivity index (χ3v) is 4.02. The van der Waals surface area contributed by atoms with Gasteiger partial charge in [-0.25, -0.2) is 4.98 Å². The number of nitrogens with one attached hydrogen (secondary N) is 1. The summed E-state index contributed by atoms with van der Waals surface area (Å²) in [5.41, 5.74) is 1.51. The minimum Gasteiger partial charge on any atom is -0.349 e. The normalized spacial score (nSPS) is 16.8. The van der Waals surface area contributed by atoms with Crippen LogP contribution >= 0.6 is 11.6 Å². The van der Waals surface area contributed by atoms with E-state index in [-0.39, 0.29) is 11.9 Å². The Morgan fingerprint density at radius 3 is 2.84 bits per heavy atom. The third-order valence-electron chi connectivity index (χ3n) is 3.83. The largest absolute Gasteiger partial charge is 0.349 e. The summed E-state index contributed by atoms with van der Waals surface area (Å²) >= 11 is 5.98. The van der Waals surface area contributed by atoms with E-state index >= 15 is 0 Å². The van der Waals surface area contributed by atoms with Crippen LogP contribution in [0.3, 0.4) is 0 Å². The van der Waals surface area contributed by atoms with Gasteiger partial charge in [-0.2, -0.15) is 0 Å². The van der Waals surface area contributed by atoms with Crippen LogP contribution in [0.4, 0.5) is 0 Å². The molecular weight excluding hydrogens is 260 g/mol. The Morgan fingerprint density at radius 2 is 2.26 bits per heavy atom. The van der Waals surface area contributed by atoms with Crippen LogP contribution in [0.1, 0.15) is 55.6 Å². The highest BCUT2D eigenvalue weighted by molar-refractivity contribution is 6.29.